The molecule has 2 rings (SSSR count). The van der Waals surface area contributed by atoms with Gasteiger partial charge in [-0.25, -0.2) is 4.79 Å². The van der Waals surface area contributed by atoms with Gasteiger partial charge in [0.1, 0.15) is 5.60 Å². The average molecular weight is 297 g/mol. The quantitative estimate of drug-likeness (QED) is 0.868. The first kappa shape index (κ1) is 16.6. The highest BCUT2D eigenvalue weighted by molar-refractivity contribution is 5.68. The third-order valence-corrected chi connectivity index (χ3v) is 4.82. The molecule has 1 amide bonds. The largest absolute Gasteiger partial charge is 0.444 e. The predicted octanol–water partition coefficient (Wildman–Crippen LogP) is 3.43. The topological polar surface area (TPSA) is 49.8 Å². The summed E-state index contributed by atoms with van der Waals surface area (Å²) in [6, 6.07) is 0. The van der Waals surface area contributed by atoms with Gasteiger partial charge in [0.25, 0.3) is 0 Å². The first-order chi connectivity index (χ1) is 9.89. The molecule has 0 bridgehead atoms. The molecule has 1 saturated heterocycles. The number of ether oxygens (including phenoxy) is 1. The summed E-state index contributed by atoms with van der Waals surface area (Å²) in [6.45, 7) is 7.24. The summed E-state index contributed by atoms with van der Waals surface area (Å²) < 4.78 is 5.46. The molecule has 0 spiro atoms. The Hall–Kier alpha value is -0.770. The number of rotatable bonds is 3. The molecular formula is C17H31NO3. The summed E-state index contributed by atoms with van der Waals surface area (Å²) in [6.07, 6.45) is 7.63. The van der Waals surface area contributed by atoms with Gasteiger partial charge in [-0.15, -0.1) is 0 Å². The van der Waals surface area contributed by atoms with Crippen LogP contribution in [-0.4, -0.2) is 41.4 Å². The average Bonchev–Trinajstić information content (AvgIpc) is 2.81. The van der Waals surface area contributed by atoms with Gasteiger partial charge in [0.2, 0.25) is 0 Å². The van der Waals surface area contributed by atoms with E-state index < -0.39 is 5.60 Å². The van der Waals surface area contributed by atoms with Crippen molar-refractivity contribution in [2.24, 2.45) is 17.8 Å². The van der Waals surface area contributed by atoms with Crippen molar-refractivity contribution in [3.8, 4) is 0 Å². The van der Waals surface area contributed by atoms with Crippen molar-refractivity contribution in [2.45, 2.75) is 64.9 Å². The van der Waals surface area contributed by atoms with E-state index in [1.165, 1.54) is 32.1 Å². The predicted molar refractivity (Wildman–Crippen MR) is 83.1 cm³/mol. The van der Waals surface area contributed by atoms with Crippen molar-refractivity contribution in [3.05, 3.63) is 0 Å². The molecule has 1 heterocycles. The maximum absolute atomic E-state index is 12.2. The monoisotopic (exact) mass is 297 g/mol. The maximum Gasteiger partial charge on any atom is 0.410 e. The number of hydrogen-bond donors (Lipinski definition) is 1. The second kappa shape index (κ2) is 6.99. The smallest absolute Gasteiger partial charge is 0.410 e. The van der Waals surface area contributed by atoms with Crippen LogP contribution in [-0.2, 0) is 4.74 Å². The third-order valence-electron chi connectivity index (χ3n) is 4.82. The minimum absolute atomic E-state index is 0.177. The fourth-order valence-corrected chi connectivity index (χ4v) is 3.74. The molecule has 0 aromatic heterocycles. The van der Waals surface area contributed by atoms with Crippen LogP contribution in [0.1, 0.15) is 59.3 Å². The highest BCUT2D eigenvalue weighted by Crippen LogP contribution is 2.35. The summed E-state index contributed by atoms with van der Waals surface area (Å²) in [5, 5.41) is 9.62. The lowest BCUT2D eigenvalue weighted by Crippen LogP contribution is -2.35. The van der Waals surface area contributed by atoms with Crippen molar-refractivity contribution in [3.63, 3.8) is 0 Å². The summed E-state index contributed by atoms with van der Waals surface area (Å²) in [5.41, 5.74) is -0.451. The van der Waals surface area contributed by atoms with E-state index in [-0.39, 0.29) is 18.6 Å². The van der Waals surface area contributed by atoms with E-state index in [2.05, 4.69) is 0 Å². The molecule has 0 radical (unpaired) electrons. The molecule has 1 saturated carbocycles. The molecule has 1 aliphatic heterocycles. The van der Waals surface area contributed by atoms with Gasteiger partial charge in [0.05, 0.1) is 0 Å². The lowest BCUT2D eigenvalue weighted by atomic mass is 9.80. The maximum atomic E-state index is 12.2. The molecule has 1 N–H and O–H groups in total. The molecule has 4 heteroatoms. The molecule has 1 aliphatic carbocycles. The molecule has 0 aromatic rings. The van der Waals surface area contributed by atoms with E-state index >= 15 is 0 Å². The Bertz CT molecular complexity index is 344. The highest BCUT2D eigenvalue weighted by Gasteiger charge is 2.37. The summed E-state index contributed by atoms with van der Waals surface area (Å²) in [7, 11) is 0. The second-order valence-electron chi connectivity index (χ2n) is 7.83. The van der Waals surface area contributed by atoms with E-state index in [1.54, 1.807) is 4.90 Å². The van der Waals surface area contributed by atoms with Gasteiger partial charge in [-0.05, 0) is 39.0 Å². The van der Waals surface area contributed by atoms with E-state index in [0.29, 0.717) is 12.5 Å². The van der Waals surface area contributed by atoms with Gasteiger partial charge in [0, 0.05) is 25.6 Å². The van der Waals surface area contributed by atoms with Gasteiger partial charge >= 0.3 is 6.09 Å². The Morgan fingerprint density at radius 3 is 2.33 bits per heavy atom. The van der Waals surface area contributed by atoms with Crippen LogP contribution in [0.3, 0.4) is 0 Å². The van der Waals surface area contributed by atoms with Gasteiger partial charge in [-0.1, -0.05) is 32.1 Å². The number of amides is 1. The van der Waals surface area contributed by atoms with E-state index in [9.17, 15) is 9.90 Å². The first-order valence-electron chi connectivity index (χ1n) is 8.48. The van der Waals surface area contributed by atoms with Crippen LogP contribution in [0.25, 0.3) is 0 Å². The van der Waals surface area contributed by atoms with Crippen molar-refractivity contribution in [1.82, 2.24) is 4.90 Å². The summed E-state index contributed by atoms with van der Waals surface area (Å²) in [4.78, 5) is 14.0. The lowest BCUT2D eigenvalue weighted by Gasteiger charge is -2.26. The van der Waals surface area contributed by atoms with Crippen molar-refractivity contribution >= 4 is 6.09 Å². The fourth-order valence-electron chi connectivity index (χ4n) is 3.74. The van der Waals surface area contributed by atoms with E-state index in [1.807, 2.05) is 20.8 Å². The molecular weight excluding hydrogens is 266 g/mol. The van der Waals surface area contributed by atoms with Crippen LogP contribution in [0.2, 0.25) is 0 Å². The second-order valence-corrected chi connectivity index (χ2v) is 7.83. The number of hydrogen-bond acceptors (Lipinski definition) is 3. The van der Waals surface area contributed by atoms with Crippen LogP contribution >= 0.6 is 0 Å². The zero-order valence-electron chi connectivity index (χ0n) is 13.8. The normalized spacial score (nSPS) is 27.9. The number of likely N-dealkylation sites (tertiary alicyclic amines) is 1. The number of carbonyl (C=O) groups is 1. The van der Waals surface area contributed by atoms with Crippen LogP contribution in [0.5, 0.6) is 0 Å². The standard InChI is InChI=1S/C17H31NO3/c1-17(2,3)21-16(20)18-10-14(15(11-18)12-19)9-13-7-5-4-6-8-13/h13-15,19H,4-12H2,1-3H3. The molecule has 122 valence electrons. The van der Waals surface area contributed by atoms with Crippen molar-refractivity contribution < 1.29 is 14.6 Å². The number of carbonyl (C=O) groups excluding carboxylic acids is 1. The van der Waals surface area contributed by atoms with Crippen LogP contribution in [0.4, 0.5) is 4.79 Å². The van der Waals surface area contributed by atoms with Gasteiger partial charge in [0.15, 0.2) is 0 Å². The molecule has 2 aliphatic rings. The van der Waals surface area contributed by atoms with Gasteiger partial charge in [-0.3, -0.25) is 0 Å². The van der Waals surface area contributed by atoms with E-state index in [0.717, 1.165) is 18.9 Å². The number of aliphatic hydroxyl groups excluding tert-OH is 1. The minimum atomic E-state index is -0.451. The molecule has 2 fully saturated rings. The number of aliphatic hydroxyl groups is 1. The van der Waals surface area contributed by atoms with Gasteiger partial charge < -0.3 is 14.7 Å². The zero-order valence-corrected chi connectivity index (χ0v) is 13.8. The minimum Gasteiger partial charge on any atom is -0.444 e. The highest BCUT2D eigenvalue weighted by atomic mass is 16.6. The lowest BCUT2D eigenvalue weighted by molar-refractivity contribution is 0.0280. The summed E-state index contributed by atoms with van der Waals surface area (Å²) >= 11 is 0. The number of nitrogens with zero attached hydrogens (tertiary/aromatic N) is 1. The van der Waals surface area contributed by atoms with E-state index in [4.69, 9.17) is 4.74 Å². The van der Waals surface area contributed by atoms with Crippen LogP contribution in [0, 0.1) is 17.8 Å². The first-order valence-corrected chi connectivity index (χ1v) is 8.48. The van der Waals surface area contributed by atoms with Gasteiger partial charge in [-0.2, -0.15) is 0 Å². The molecule has 2 unspecified atom stereocenters. The van der Waals surface area contributed by atoms with Crippen LogP contribution in [0.15, 0.2) is 0 Å². The molecule has 0 aromatic carbocycles. The molecule has 2 atom stereocenters. The van der Waals surface area contributed by atoms with Crippen molar-refractivity contribution in [1.29, 1.82) is 0 Å². The zero-order chi connectivity index (χ0) is 15.5. The third kappa shape index (κ3) is 4.87. The summed E-state index contributed by atoms with van der Waals surface area (Å²) in [5.74, 6) is 1.45. The Morgan fingerprint density at radius 2 is 1.76 bits per heavy atom. The Balaban J connectivity index is 1.88. The SMILES string of the molecule is CC(C)(C)OC(=O)N1CC(CO)C(CC2CCCCC2)C1. The van der Waals surface area contributed by atoms with Crippen molar-refractivity contribution in [2.75, 3.05) is 19.7 Å². The Morgan fingerprint density at radius 1 is 1.14 bits per heavy atom. The Kier molecular flexibility index (Phi) is 5.53. The molecule has 4 nitrogen and oxygen atoms in total. The molecule has 21 heavy (non-hydrogen) atoms. The fraction of sp³-hybridized carbons (Fsp3) is 0.941. The van der Waals surface area contributed by atoms with Crippen LogP contribution < -0.4 is 0 Å². The Labute approximate surface area is 128 Å².